The van der Waals surface area contributed by atoms with E-state index in [0.29, 0.717) is 6.42 Å². The molecule has 2 heteroatoms. The van der Waals surface area contributed by atoms with Crippen LogP contribution < -0.4 is 0 Å². The van der Waals surface area contributed by atoms with Gasteiger partial charge in [0.05, 0.1) is 5.52 Å². The monoisotopic (exact) mass is 199 g/mol. The maximum Gasteiger partial charge on any atom is 0.0707 e. The van der Waals surface area contributed by atoms with E-state index in [4.69, 9.17) is 5.11 Å². The van der Waals surface area contributed by atoms with Gasteiger partial charge >= 0.3 is 0 Å². The Balaban J connectivity index is 2.42. The molecule has 0 aliphatic heterocycles. The Morgan fingerprint density at radius 3 is 2.93 bits per heavy atom. The molecule has 2 nitrogen and oxygen atoms in total. The lowest BCUT2D eigenvalue weighted by Crippen LogP contribution is -1.82. The highest BCUT2D eigenvalue weighted by Crippen LogP contribution is 2.17. The molecule has 2 rings (SSSR count). The van der Waals surface area contributed by atoms with E-state index in [2.05, 4.69) is 11.1 Å². The summed E-state index contributed by atoms with van der Waals surface area (Å²) in [6.45, 7) is 0.194. The molecule has 0 spiro atoms. The molecule has 1 aromatic heterocycles. The SMILES string of the molecule is OCCC=Cc1ccnc2ccccc12. The van der Waals surface area contributed by atoms with E-state index in [1.54, 1.807) is 6.20 Å². The van der Waals surface area contributed by atoms with Crippen LogP contribution in [-0.4, -0.2) is 16.7 Å². The second-order valence-electron chi connectivity index (χ2n) is 3.33. The molecule has 0 aliphatic rings. The normalized spacial score (nSPS) is 11.3. The summed E-state index contributed by atoms with van der Waals surface area (Å²) in [6.07, 6.45) is 6.50. The molecule has 1 aromatic carbocycles. The molecule has 0 aliphatic carbocycles. The summed E-state index contributed by atoms with van der Waals surface area (Å²) in [4.78, 5) is 4.29. The van der Waals surface area contributed by atoms with Crippen molar-refractivity contribution in [2.75, 3.05) is 6.61 Å². The minimum absolute atomic E-state index is 0.194. The van der Waals surface area contributed by atoms with E-state index < -0.39 is 0 Å². The molecule has 0 radical (unpaired) electrons. The maximum absolute atomic E-state index is 8.69. The van der Waals surface area contributed by atoms with Gasteiger partial charge in [-0.15, -0.1) is 0 Å². The van der Waals surface area contributed by atoms with Crippen LogP contribution in [0.2, 0.25) is 0 Å². The zero-order chi connectivity index (χ0) is 10.5. The van der Waals surface area contributed by atoms with Crippen molar-refractivity contribution in [1.82, 2.24) is 4.98 Å². The fraction of sp³-hybridized carbons (Fsp3) is 0.154. The third-order valence-electron chi connectivity index (χ3n) is 2.28. The molecule has 0 saturated heterocycles. The molecule has 1 N–H and O–H groups in total. The number of pyridine rings is 1. The first-order valence-corrected chi connectivity index (χ1v) is 5.03. The summed E-state index contributed by atoms with van der Waals surface area (Å²) in [6, 6.07) is 10.0. The van der Waals surface area contributed by atoms with E-state index >= 15 is 0 Å². The number of aliphatic hydroxyl groups is 1. The number of aliphatic hydroxyl groups excluding tert-OH is 1. The Kier molecular flexibility index (Phi) is 3.10. The fourth-order valence-corrected chi connectivity index (χ4v) is 1.55. The van der Waals surface area contributed by atoms with Gasteiger partial charge in [0, 0.05) is 18.2 Å². The minimum atomic E-state index is 0.194. The summed E-state index contributed by atoms with van der Waals surface area (Å²) < 4.78 is 0. The van der Waals surface area contributed by atoms with Crippen LogP contribution >= 0.6 is 0 Å². The van der Waals surface area contributed by atoms with Crippen LogP contribution in [0.15, 0.2) is 42.6 Å². The smallest absolute Gasteiger partial charge is 0.0707 e. The molecule has 76 valence electrons. The second kappa shape index (κ2) is 4.71. The molecule has 0 fully saturated rings. The molecular formula is C13H13NO. The van der Waals surface area contributed by atoms with Gasteiger partial charge in [0.2, 0.25) is 0 Å². The van der Waals surface area contributed by atoms with Crippen LogP contribution in [0.25, 0.3) is 17.0 Å². The number of nitrogens with zero attached hydrogens (tertiary/aromatic N) is 1. The van der Waals surface area contributed by atoms with Crippen LogP contribution in [0.1, 0.15) is 12.0 Å². The van der Waals surface area contributed by atoms with E-state index in [-0.39, 0.29) is 6.61 Å². The molecule has 0 unspecified atom stereocenters. The summed E-state index contributed by atoms with van der Waals surface area (Å²) in [7, 11) is 0. The Morgan fingerprint density at radius 2 is 2.07 bits per heavy atom. The first-order valence-electron chi connectivity index (χ1n) is 5.03. The third-order valence-corrected chi connectivity index (χ3v) is 2.28. The predicted octanol–water partition coefficient (Wildman–Crippen LogP) is 2.63. The number of fused-ring (bicyclic) bond motifs is 1. The van der Waals surface area contributed by atoms with Crippen LogP contribution in [0, 0.1) is 0 Å². The molecule has 0 amide bonds. The molecule has 0 bridgehead atoms. The molecule has 15 heavy (non-hydrogen) atoms. The molecule has 0 atom stereocenters. The van der Waals surface area contributed by atoms with Crippen molar-refractivity contribution in [3.05, 3.63) is 48.2 Å². The minimum Gasteiger partial charge on any atom is -0.396 e. The number of benzene rings is 1. The third kappa shape index (κ3) is 2.22. The van der Waals surface area contributed by atoms with Gasteiger partial charge in [-0.3, -0.25) is 4.98 Å². The summed E-state index contributed by atoms with van der Waals surface area (Å²) in [5, 5.41) is 9.84. The van der Waals surface area contributed by atoms with Gasteiger partial charge in [-0.25, -0.2) is 0 Å². The van der Waals surface area contributed by atoms with Crippen molar-refractivity contribution >= 4 is 17.0 Å². The lowest BCUT2D eigenvalue weighted by molar-refractivity contribution is 0.303. The van der Waals surface area contributed by atoms with Crippen molar-refractivity contribution in [2.45, 2.75) is 6.42 Å². The summed E-state index contributed by atoms with van der Waals surface area (Å²) >= 11 is 0. The molecule has 1 heterocycles. The van der Waals surface area contributed by atoms with Gasteiger partial charge in [-0.2, -0.15) is 0 Å². The van der Waals surface area contributed by atoms with Gasteiger partial charge < -0.3 is 5.11 Å². The Bertz CT molecular complexity index is 471. The van der Waals surface area contributed by atoms with Crippen molar-refractivity contribution in [3.8, 4) is 0 Å². The second-order valence-corrected chi connectivity index (χ2v) is 3.33. The van der Waals surface area contributed by atoms with Crippen LogP contribution in [0.5, 0.6) is 0 Å². The Labute approximate surface area is 88.9 Å². The van der Waals surface area contributed by atoms with Crippen LogP contribution in [0.4, 0.5) is 0 Å². The Morgan fingerprint density at radius 1 is 1.20 bits per heavy atom. The topological polar surface area (TPSA) is 33.1 Å². The highest BCUT2D eigenvalue weighted by Gasteiger charge is 1.96. The standard InChI is InChI=1S/C13H13NO/c15-10-4-3-5-11-8-9-14-13-7-2-1-6-12(11)13/h1-3,5-9,15H,4,10H2. The predicted molar refractivity (Wildman–Crippen MR) is 62.5 cm³/mol. The van der Waals surface area contributed by atoms with Crippen LogP contribution in [0.3, 0.4) is 0 Å². The largest absolute Gasteiger partial charge is 0.396 e. The lowest BCUT2D eigenvalue weighted by Gasteiger charge is -2.00. The van der Waals surface area contributed by atoms with Gasteiger partial charge in [-0.05, 0) is 24.1 Å². The fourth-order valence-electron chi connectivity index (χ4n) is 1.55. The molecule has 2 aromatic rings. The van der Waals surface area contributed by atoms with Crippen molar-refractivity contribution in [3.63, 3.8) is 0 Å². The number of hydrogen-bond donors (Lipinski definition) is 1. The summed E-state index contributed by atoms with van der Waals surface area (Å²) in [5.74, 6) is 0. The van der Waals surface area contributed by atoms with Crippen molar-refractivity contribution < 1.29 is 5.11 Å². The zero-order valence-electron chi connectivity index (χ0n) is 8.43. The molecule has 0 saturated carbocycles. The van der Waals surface area contributed by atoms with E-state index in [0.717, 1.165) is 16.5 Å². The highest BCUT2D eigenvalue weighted by molar-refractivity contribution is 5.87. The van der Waals surface area contributed by atoms with Gasteiger partial charge in [0.25, 0.3) is 0 Å². The van der Waals surface area contributed by atoms with Gasteiger partial charge in [0.15, 0.2) is 0 Å². The van der Waals surface area contributed by atoms with E-state index in [1.807, 2.05) is 36.4 Å². The molecular weight excluding hydrogens is 186 g/mol. The number of para-hydroxylation sites is 1. The Hall–Kier alpha value is -1.67. The first-order chi connectivity index (χ1) is 7.42. The van der Waals surface area contributed by atoms with E-state index in [9.17, 15) is 0 Å². The quantitative estimate of drug-likeness (QED) is 0.824. The van der Waals surface area contributed by atoms with Crippen molar-refractivity contribution in [2.24, 2.45) is 0 Å². The highest BCUT2D eigenvalue weighted by atomic mass is 16.2. The summed E-state index contributed by atoms with van der Waals surface area (Å²) in [5.41, 5.74) is 2.15. The first kappa shape index (κ1) is 9.87. The van der Waals surface area contributed by atoms with Crippen LogP contribution in [-0.2, 0) is 0 Å². The van der Waals surface area contributed by atoms with E-state index in [1.165, 1.54) is 0 Å². The number of hydrogen-bond acceptors (Lipinski definition) is 2. The lowest BCUT2D eigenvalue weighted by atomic mass is 10.1. The number of rotatable bonds is 3. The maximum atomic E-state index is 8.69. The van der Waals surface area contributed by atoms with Crippen molar-refractivity contribution in [1.29, 1.82) is 0 Å². The number of aromatic nitrogens is 1. The van der Waals surface area contributed by atoms with Gasteiger partial charge in [0.1, 0.15) is 0 Å². The average molecular weight is 199 g/mol. The average Bonchev–Trinajstić information content (AvgIpc) is 2.30. The van der Waals surface area contributed by atoms with Gasteiger partial charge in [-0.1, -0.05) is 30.4 Å². The zero-order valence-corrected chi connectivity index (χ0v) is 8.43.